The third-order valence-electron chi connectivity index (χ3n) is 2.89. The van der Waals surface area contributed by atoms with Crippen LogP contribution in [0.15, 0.2) is 0 Å². The topological polar surface area (TPSA) is 62.9 Å². The summed E-state index contributed by atoms with van der Waals surface area (Å²) in [7, 11) is 2.11. The molecule has 6 heteroatoms. The van der Waals surface area contributed by atoms with Crippen LogP contribution >= 0.6 is 0 Å². The summed E-state index contributed by atoms with van der Waals surface area (Å²) in [5.41, 5.74) is 5.43. The van der Waals surface area contributed by atoms with Gasteiger partial charge in [-0.05, 0) is 32.2 Å². The molecule has 17 heavy (non-hydrogen) atoms. The molecule has 0 aromatic rings. The van der Waals surface area contributed by atoms with Crippen LogP contribution in [0.5, 0.6) is 0 Å². The molecule has 0 aliphatic rings. The van der Waals surface area contributed by atoms with Gasteiger partial charge in [0.1, 0.15) is 5.73 Å². The molecule has 0 bridgehead atoms. The largest absolute Gasteiger partial charge is 0.530 e. The summed E-state index contributed by atoms with van der Waals surface area (Å²) in [5, 5.41) is 0. The predicted octanol–water partition coefficient (Wildman–Crippen LogP) is 1.18. The molecule has 0 heterocycles. The van der Waals surface area contributed by atoms with Crippen molar-refractivity contribution in [3.63, 3.8) is 0 Å². The summed E-state index contributed by atoms with van der Waals surface area (Å²) < 4.78 is 22.1. The molecular weight excluding hydrogens is 238 g/mol. The fraction of sp³-hybridized carbons (Fsp3) is 1.00. The Bertz CT molecular complexity index is 182. The molecule has 0 rings (SSSR count). The van der Waals surface area contributed by atoms with Crippen LogP contribution in [0, 0.1) is 5.92 Å². The second kappa shape index (κ2) is 9.01. The lowest BCUT2D eigenvalue weighted by atomic mass is 10.1. The first-order chi connectivity index (χ1) is 8.10. The van der Waals surface area contributed by atoms with Gasteiger partial charge in [-0.15, -0.1) is 0 Å². The number of nitrogens with two attached hydrogens (primary N) is 1. The van der Waals surface area contributed by atoms with Gasteiger partial charge >= 0.3 is 8.80 Å². The van der Waals surface area contributed by atoms with E-state index in [-0.39, 0.29) is 5.73 Å². The van der Waals surface area contributed by atoms with Gasteiger partial charge in [-0.3, -0.25) is 0 Å². The Morgan fingerprint density at radius 1 is 1.12 bits per heavy atom. The summed E-state index contributed by atoms with van der Waals surface area (Å²) in [6.07, 6.45) is 1.80. The normalized spacial score (nSPS) is 15.9. The summed E-state index contributed by atoms with van der Waals surface area (Å²) in [6, 6.07) is 0. The molecule has 0 spiro atoms. The third-order valence-corrected chi connectivity index (χ3v) is 5.79. The molecule has 0 aromatic heterocycles. The maximum absolute atomic E-state index is 5.74. The number of hydrogen-bond donors (Lipinski definition) is 1. The van der Waals surface area contributed by atoms with Crippen molar-refractivity contribution >= 4 is 8.80 Å². The predicted molar refractivity (Wildman–Crippen MR) is 69.6 cm³/mol. The van der Waals surface area contributed by atoms with E-state index >= 15 is 0 Å². The minimum atomic E-state index is -2.72. The van der Waals surface area contributed by atoms with Gasteiger partial charge in [-0.25, -0.2) is 0 Å². The van der Waals surface area contributed by atoms with Crippen LogP contribution < -0.4 is 5.73 Å². The lowest BCUT2D eigenvalue weighted by molar-refractivity contribution is 0.00790. The Morgan fingerprint density at radius 3 is 2.00 bits per heavy atom. The van der Waals surface area contributed by atoms with Crippen molar-refractivity contribution in [3.05, 3.63) is 0 Å². The average Bonchev–Trinajstić information content (AvgIpc) is 2.32. The van der Waals surface area contributed by atoms with Crippen LogP contribution in [0.2, 0.25) is 0 Å². The second-order valence-electron chi connectivity index (χ2n) is 4.08. The van der Waals surface area contributed by atoms with Gasteiger partial charge in [0, 0.05) is 27.9 Å². The van der Waals surface area contributed by atoms with Gasteiger partial charge < -0.3 is 23.7 Å². The van der Waals surface area contributed by atoms with Crippen LogP contribution in [0.25, 0.3) is 0 Å². The first-order valence-electron chi connectivity index (χ1n) is 6.07. The fourth-order valence-electron chi connectivity index (χ4n) is 1.93. The van der Waals surface area contributed by atoms with E-state index in [0.29, 0.717) is 19.1 Å². The molecule has 0 amide bonds. The molecule has 2 N–H and O–H groups in total. The Kier molecular flexibility index (Phi) is 9.02. The molecule has 2 unspecified atom stereocenters. The highest BCUT2D eigenvalue weighted by Gasteiger charge is 2.48. The minimum Gasteiger partial charge on any atom is -0.375 e. The van der Waals surface area contributed by atoms with Crippen LogP contribution in [-0.2, 0) is 18.0 Å². The fourth-order valence-corrected chi connectivity index (χ4v) is 4.28. The van der Waals surface area contributed by atoms with Gasteiger partial charge in [0.2, 0.25) is 0 Å². The van der Waals surface area contributed by atoms with Gasteiger partial charge in [0.25, 0.3) is 0 Å². The third kappa shape index (κ3) is 5.03. The Morgan fingerprint density at radius 2 is 1.65 bits per heavy atom. The van der Waals surface area contributed by atoms with Crippen LogP contribution in [0.1, 0.15) is 26.7 Å². The lowest BCUT2D eigenvalue weighted by Gasteiger charge is -2.33. The number of hydrogen-bond acceptors (Lipinski definition) is 5. The molecular formula is C11H27NO4Si. The van der Waals surface area contributed by atoms with Gasteiger partial charge in [-0.1, -0.05) is 6.92 Å². The van der Waals surface area contributed by atoms with Crippen molar-refractivity contribution < 1.29 is 18.0 Å². The molecule has 0 radical (unpaired) electrons. The minimum absolute atomic E-state index is 0.131. The second-order valence-corrected chi connectivity index (χ2v) is 7.15. The Labute approximate surface area is 106 Å². The van der Waals surface area contributed by atoms with Crippen molar-refractivity contribution in [2.75, 3.05) is 34.5 Å². The molecule has 0 aliphatic carbocycles. The standard InChI is InChI=1S/C11H27NO4Si/c1-6-16-11(9-10(2)7-8-12)17(13-3,14-4)15-5/h10-11H,6-9,12H2,1-5H3. The molecule has 0 saturated carbocycles. The SMILES string of the molecule is CCOC(CC(C)CCN)[Si](OC)(OC)OC. The summed E-state index contributed by atoms with van der Waals surface area (Å²) in [6.45, 7) is 5.41. The Hall–Kier alpha value is 0.0169. The maximum Gasteiger partial charge on any atom is 0.530 e. The molecule has 0 aliphatic heterocycles. The maximum atomic E-state index is 5.74. The average molecular weight is 265 g/mol. The van der Waals surface area contributed by atoms with Crippen molar-refractivity contribution in [2.45, 2.75) is 32.4 Å². The van der Waals surface area contributed by atoms with E-state index < -0.39 is 8.80 Å². The highest BCUT2D eigenvalue weighted by atomic mass is 28.4. The Balaban J connectivity index is 4.67. The van der Waals surface area contributed by atoms with Crippen LogP contribution in [-0.4, -0.2) is 49.0 Å². The zero-order valence-electron chi connectivity index (χ0n) is 11.7. The van der Waals surface area contributed by atoms with E-state index in [1.54, 1.807) is 21.3 Å². The monoisotopic (exact) mass is 265 g/mol. The summed E-state index contributed by atoms with van der Waals surface area (Å²) >= 11 is 0. The van der Waals surface area contributed by atoms with E-state index in [0.717, 1.165) is 12.8 Å². The van der Waals surface area contributed by atoms with E-state index in [2.05, 4.69) is 6.92 Å². The zero-order chi connectivity index (χ0) is 13.3. The molecule has 104 valence electrons. The van der Waals surface area contributed by atoms with Gasteiger partial charge in [0.15, 0.2) is 0 Å². The van der Waals surface area contributed by atoms with Crippen LogP contribution in [0.4, 0.5) is 0 Å². The van der Waals surface area contributed by atoms with Gasteiger partial charge in [0.05, 0.1) is 0 Å². The highest BCUT2D eigenvalue weighted by molar-refractivity contribution is 6.62. The summed E-state index contributed by atoms with van der Waals surface area (Å²) in [5.74, 6) is 0.462. The lowest BCUT2D eigenvalue weighted by Crippen LogP contribution is -2.56. The first-order valence-corrected chi connectivity index (χ1v) is 7.87. The molecule has 2 atom stereocenters. The van der Waals surface area contributed by atoms with Crippen molar-refractivity contribution in [3.8, 4) is 0 Å². The molecule has 5 nitrogen and oxygen atoms in total. The zero-order valence-corrected chi connectivity index (χ0v) is 12.7. The van der Waals surface area contributed by atoms with E-state index in [1.165, 1.54) is 0 Å². The highest BCUT2D eigenvalue weighted by Crippen LogP contribution is 2.23. The van der Waals surface area contributed by atoms with Crippen molar-refractivity contribution in [1.82, 2.24) is 0 Å². The number of ether oxygens (including phenoxy) is 1. The van der Waals surface area contributed by atoms with Gasteiger partial charge in [-0.2, -0.15) is 0 Å². The molecule has 0 aromatic carbocycles. The first kappa shape index (κ1) is 17.0. The van der Waals surface area contributed by atoms with Crippen LogP contribution in [0.3, 0.4) is 0 Å². The quantitative estimate of drug-likeness (QED) is 0.601. The smallest absolute Gasteiger partial charge is 0.375 e. The van der Waals surface area contributed by atoms with E-state index in [4.69, 9.17) is 23.7 Å². The molecule has 0 saturated heterocycles. The van der Waals surface area contributed by atoms with E-state index in [1.807, 2.05) is 6.92 Å². The molecule has 0 fully saturated rings. The number of rotatable bonds is 10. The van der Waals surface area contributed by atoms with Crippen molar-refractivity contribution in [2.24, 2.45) is 11.7 Å². The van der Waals surface area contributed by atoms with E-state index in [9.17, 15) is 0 Å². The van der Waals surface area contributed by atoms with Crippen molar-refractivity contribution in [1.29, 1.82) is 0 Å². The summed E-state index contributed by atoms with van der Waals surface area (Å²) in [4.78, 5) is 0.